The van der Waals surface area contributed by atoms with E-state index in [4.69, 9.17) is 17.0 Å². The molecule has 0 spiro atoms. The first-order chi connectivity index (χ1) is 19.3. The van der Waals surface area contributed by atoms with Crippen LogP contribution in [0.2, 0.25) is 0 Å². The molecule has 1 aliphatic heterocycles. The third-order valence-electron chi connectivity index (χ3n) is 8.60. The fourth-order valence-corrected chi connectivity index (χ4v) is 23.4. The summed E-state index contributed by atoms with van der Waals surface area (Å²) in [5.41, 5.74) is 14.2. The van der Waals surface area contributed by atoms with Crippen molar-refractivity contribution in [1.82, 2.24) is 0 Å². The van der Waals surface area contributed by atoms with Gasteiger partial charge in [-0.1, -0.05) is 0 Å². The summed E-state index contributed by atoms with van der Waals surface area (Å²) in [6.45, 7) is 6.58. The second kappa shape index (κ2) is 10.1. The maximum absolute atomic E-state index is 7.91. The van der Waals surface area contributed by atoms with Gasteiger partial charge in [-0.25, -0.2) is 0 Å². The van der Waals surface area contributed by atoms with Crippen molar-refractivity contribution in [1.29, 1.82) is 0 Å². The van der Waals surface area contributed by atoms with Crippen LogP contribution < -0.4 is 13.6 Å². The van der Waals surface area contributed by atoms with Gasteiger partial charge in [0.15, 0.2) is 0 Å². The molecule has 0 radical (unpaired) electrons. The van der Waals surface area contributed by atoms with E-state index in [2.05, 4.69) is 130 Å². The number of hydrogen-bond acceptors (Lipinski definition) is 0. The van der Waals surface area contributed by atoms with Gasteiger partial charge in [-0.05, 0) is 0 Å². The molecule has 0 nitrogen and oxygen atoms in total. The van der Waals surface area contributed by atoms with Crippen molar-refractivity contribution in [2.75, 3.05) is 0 Å². The Hall–Kier alpha value is -2.48. The first-order valence-corrected chi connectivity index (χ1v) is 24.3. The molecule has 1 unspecified atom stereocenters. The predicted molar refractivity (Wildman–Crippen MR) is 174 cm³/mol. The minimum atomic E-state index is -4.09. The van der Waals surface area contributed by atoms with Crippen LogP contribution in [0.15, 0.2) is 103 Å². The van der Waals surface area contributed by atoms with Gasteiger partial charge in [-0.15, -0.1) is 0 Å². The van der Waals surface area contributed by atoms with Crippen LogP contribution in [-0.4, -0.2) is 9.52 Å². The van der Waals surface area contributed by atoms with E-state index in [1.54, 1.807) is 0 Å². The molecule has 5 aromatic rings. The molecule has 0 fully saturated rings. The van der Waals surface area contributed by atoms with Crippen molar-refractivity contribution in [3.05, 3.63) is 137 Å². The van der Waals surface area contributed by atoms with E-state index in [1.807, 2.05) is 0 Å². The zero-order valence-electron chi connectivity index (χ0n) is 22.9. The molecule has 0 bridgehead atoms. The normalized spacial score (nSPS) is 16.0. The number of halogens is 2. The summed E-state index contributed by atoms with van der Waals surface area (Å²) < 4.78 is 1.27. The van der Waals surface area contributed by atoms with Gasteiger partial charge in [-0.3, -0.25) is 0 Å². The summed E-state index contributed by atoms with van der Waals surface area (Å²) in [6.07, 6.45) is 2.40. The van der Waals surface area contributed by atoms with Gasteiger partial charge in [0.05, 0.1) is 0 Å². The Morgan fingerprint density at radius 2 is 1.38 bits per heavy atom. The number of aryl methyl sites for hydroxylation is 3. The predicted octanol–water partition coefficient (Wildman–Crippen LogP) is 7.76. The van der Waals surface area contributed by atoms with Crippen LogP contribution >= 0.6 is 17.0 Å². The van der Waals surface area contributed by atoms with Crippen LogP contribution in [0.25, 0.3) is 33.9 Å². The van der Waals surface area contributed by atoms with Crippen molar-refractivity contribution in [3.63, 3.8) is 0 Å². The van der Waals surface area contributed by atoms with Gasteiger partial charge in [-0.2, -0.15) is 0 Å². The summed E-state index contributed by atoms with van der Waals surface area (Å²) in [4.78, 5) is 0. The van der Waals surface area contributed by atoms with Crippen LogP contribution in [0.5, 0.6) is 0 Å². The van der Waals surface area contributed by atoms with Gasteiger partial charge >= 0.3 is 253 Å². The zero-order valence-corrected chi connectivity index (χ0v) is 28.3. The number of allylic oxidation sites excluding steroid dienone is 1. The van der Waals surface area contributed by atoms with E-state index in [0.717, 1.165) is 0 Å². The zero-order chi connectivity index (χ0) is 27.6. The SMILES string of the molecule is Cc1cc(C)cc(-c2c(C)ccc3c2C=C(c2ccccc2)[CH]3[Zr]([Cl])([Cl])[c]2cccc3c2[SiH2]c2ccccc2-3)c1. The average Bonchev–Trinajstić information content (AvgIpc) is 3.52. The Morgan fingerprint density at radius 1 is 0.675 bits per heavy atom. The first-order valence-electron chi connectivity index (χ1n) is 13.9. The molecule has 0 saturated carbocycles. The maximum atomic E-state index is 7.91. The molecule has 5 aromatic carbocycles. The molecule has 1 atom stereocenters. The van der Waals surface area contributed by atoms with Crippen molar-refractivity contribution in [3.8, 4) is 22.3 Å². The number of fused-ring (bicyclic) bond motifs is 4. The molecular weight excluding hydrogens is 623 g/mol. The van der Waals surface area contributed by atoms with Crippen molar-refractivity contribution < 1.29 is 17.9 Å². The third-order valence-corrected chi connectivity index (χ3v) is 22.8. The van der Waals surface area contributed by atoms with E-state index in [-0.39, 0.29) is 3.63 Å². The number of hydrogen-bond donors (Lipinski definition) is 0. The van der Waals surface area contributed by atoms with Gasteiger partial charge in [0.25, 0.3) is 0 Å². The topological polar surface area (TPSA) is 0 Å². The van der Waals surface area contributed by atoms with E-state index >= 15 is 0 Å². The summed E-state index contributed by atoms with van der Waals surface area (Å²) in [5.74, 6) is 0. The molecule has 0 aromatic heterocycles. The molecule has 7 rings (SSSR count). The Kier molecular flexibility index (Phi) is 6.68. The Balaban J connectivity index is 1.46. The molecule has 0 amide bonds. The molecule has 0 N–H and O–H groups in total. The Bertz CT molecular complexity index is 1820. The summed E-state index contributed by atoms with van der Waals surface area (Å²) in [5, 5.41) is 2.96. The fraction of sp³-hybridized carbons (Fsp3) is 0.111. The van der Waals surface area contributed by atoms with Gasteiger partial charge < -0.3 is 0 Å². The molecule has 1 aliphatic carbocycles. The van der Waals surface area contributed by atoms with Crippen molar-refractivity contribution in [2.45, 2.75) is 24.4 Å². The van der Waals surface area contributed by atoms with Crippen LogP contribution in [0.4, 0.5) is 0 Å². The van der Waals surface area contributed by atoms with Gasteiger partial charge in [0.2, 0.25) is 0 Å². The van der Waals surface area contributed by atoms with Gasteiger partial charge in [0.1, 0.15) is 0 Å². The van der Waals surface area contributed by atoms with Gasteiger partial charge in [0, 0.05) is 0 Å². The monoisotopic (exact) mass is 650 g/mol. The van der Waals surface area contributed by atoms with Crippen molar-refractivity contribution >= 4 is 51.8 Å². The molecular formula is C36H30Cl2SiZr. The fourth-order valence-electron chi connectivity index (χ4n) is 6.96. The quantitative estimate of drug-likeness (QED) is 0.171. The van der Waals surface area contributed by atoms with Crippen LogP contribution in [0.1, 0.15) is 37.0 Å². The first kappa shape index (κ1) is 26.4. The van der Waals surface area contributed by atoms with E-state index in [9.17, 15) is 0 Å². The molecule has 4 heteroatoms. The van der Waals surface area contributed by atoms with Crippen molar-refractivity contribution in [2.24, 2.45) is 0 Å². The van der Waals surface area contributed by atoms with E-state index in [0.29, 0.717) is 0 Å². The van der Waals surface area contributed by atoms with Crippen LogP contribution in [-0.2, 0) is 17.9 Å². The molecule has 1 heterocycles. The molecule has 40 heavy (non-hydrogen) atoms. The van der Waals surface area contributed by atoms with E-state index < -0.39 is 27.4 Å². The second-order valence-electron chi connectivity index (χ2n) is 11.3. The van der Waals surface area contributed by atoms with E-state index in [1.165, 1.54) is 74.9 Å². The average molecular weight is 653 g/mol. The Morgan fingerprint density at radius 3 is 2.15 bits per heavy atom. The summed E-state index contributed by atoms with van der Waals surface area (Å²) >= 11 is -4.09. The second-order valence-corrected chi connectivity index (χ2v) is 27.2. The minimum absolute atomic E-state index is 0.00417. The summed E-state index contributed by atoms with van der Waals surface area (Å²) in [6, 6.07) is 37.8. The molecule has 196 valence electrons. The number of rotatable bonds is 4. The summed E-state index contributed by atoms with van der Waals surface area (Å²) in [7, 11) is 15.2. The third kappa shape index (κ3) is 4.27. The standard InChI is InChI=1S/C24H21.C12H9Si.2ClH.Zr/c1-16-11-17(2)13-22(12-16)24-18(3)9-10-20-14-21(15-23(20)24)19-7-5-4-6-8-19;1-3-7-11-9(5-1)10-6-2-4-8-12(10)13-11;;;/h4-15H,1-3H3;1-7H,13H2;2*1H;/q;;;;+2/p-2. The van der Waals surface area contributed by atoms with Crippen LogP contribution in [0.3, 0.4) is 0 Å². The molecule has 0 saturated heterocycles. The Labute approximate surface area is 251 Å². The molecule has 2 aliphatic rings. The number of benzene rings is 5. The van der Waals surface area contributed by atoms with Crippen LogP contribution in [0, 0.1) is 20.8 Å².